The zero-order valence-electron chi connectivity index (χ0n) is 5.80. The minimum Gasteiger partial charge on any atom is -0.822 e. The number of phosphoric acid groups is 1. The summed E-state index contributed by atoms with van der Waals surface area (Å²) in [6.45, 7) is 0. The van der Waals surface area contributed by atoms with Crippen molar-refractivity contribution in [3.63, 3.8) is 0 Å². The van der Waals surface area contributed by atoms with Crippen molar-refractivity contribution >= 4 is 7.82 Å². The molecule has 0 radical (unpaired) electrons. The van der Waals surface area contributed by atoms with Crippen molar-refractivity contribution in [1.82, 2.24) is 0 Å². The zero-order valence-corrected chi connectivity index (χ0v) is 7.74. The van der Waals surface area contributed by atoms with E-state index in [2.05, 4.69) is 6.07 Å². The summed E-state index contributed by atoms with van der Waals surface area (Å²) in [7, 11) is -5.39. The zero-order chi connectivity index (χ0) is 8.74. The third-order valence-electron chi connectivity index (χ3n) is 0.607. The van der Waals surface area contributed by atoms with Crippen LogP contribution >= 0.6 is 7.82 Å². The number of rotatable bonds is 0. The Bertz CT molecular complexity index is 187. The SMILES string of the molecule is O=P([O-])([O-])[O-].[Co+3].[c-]1ccccc1. The van der Waals surface area contributed by atoms with Crippen LogP contribution in [0, 0.1) is 6.07 Å². The van der Waals surface area contributed by atoms with Crippen molar-refractivity contribution in [2.45, 2.75) is 0 Å². The van der Waals surface area contributed by atoms with Crippen LogP contribution in [0.3, 0.4) is 0 Å². The van der Waals surface area contributed by atoms with Crippen LogP contribution in [0.1, 0.15) is 0 Å². The molecule has 4 nitrogen and oxygen atoms in total. The third kappa shape index (κ3) is 22.5. The van der Waals surface area contributed by atoms with Crippen LogP contribution in [0.5, 0.6) is 0 Å². The van der Waals surface area contributed by atoms with Crippen LogP contribution in [0.2, 0.25) is 0 Å². The van der Waals surface area contributed by atoms with E-state index >= 15 is 0 Å². The van der Waals surface area contributed by atoms with Crippen molar-refractivity contribution in [1.29, 1.82) is 0 Å². The molecule has 12 heavy (non-hydrogen) atoms. The third-order valence-corrected chi connectivity index (χ3v) is 0.607. The molecule has 0 unspecified atom stereocenters. The molecule has 0 aliphatic rings. The summed E-state index contributed by atoms with van der Waals surface area (Å²) >= 11 is 0. The molecule has 0 fully saturated rings. The fourth-order valence-electron chi connectivity index (χ4n) is 0.342. The first kappa shape index (κ1) is 14.4. The first-order valence-electron chi connectivity index (χ1n) is 2.64. The van der Waals surface area contributed by atoms with Crippen molar-refractivity contribution in [3.05, 3.63) is 36.4 Å². The summed E-state index contributed by atoms with van der Waals surface area (Å²) in [6, 6.07) is 12.5. The van der Waals surface area contributed by atoms with Crippen LogP contribution in [0.25, 0.3) is 0 Å². The van der Waals surface area contributed by atoms with E-state index in [9.17, 15) is 0 Å². The van der Waals surface area contributed by atoms with Gasteiger partial charge in [0.15, 0.2) is 0 Å². The maximum absolute atomic E-state index is 8.55. The van der Waals surface area contributed by atoms with Crippen molar-refractivity contribution in [3.8, 4) is 0 Å². The molecular formula is C6H5CoO4P-. The molecule has 68 valence electrons. The Morgan fingerprint density at radius 3 is 1.42 bits per heavy atom. The first-order chi connectivity index (χ1) is 5.00. The second-order valence-corrected chi connectivity index (χ2v) is 2.42. The van der Waals surface area contributed by atoms with Gasteiger partial charge in [-0.3, -0.25) is 0 Å². The first-order valence-corrected chi connectivity index (χ1v) is 4.10. The topological polar surface area (TPSA) is 86.2 Å². The summed E-state index contributed by atoms with van der Waals surface area (Å²) < 4.78 is 8.55. The van der Waals surface area contributed by atoms with Crippen LogP contribution in [-0.4, -0.2) is 0 Å². The van der Waals surface area contributed by atoms with Crippen LogP contribution in [-0.2, 0) is 21.3 Å². The average Bonchev–Trinajstić information content (AvgIpc) is 1.88. The van der Waals surface area contributed by atoms with Crippen LogP contribution < -0.4 is 14.7 Å². The average molecular weight is 231 g/mol. The van der Waals surface area contributed by atoms with Gasteiger partial charge in [0.05, 0.1) is 0 Å². The molecule has 1 rings (SSSR count). The van der Waals surface area contributed by atoms with E-state index in [0.29, 0.717) is 0 Å². The summed E-state index contributed by atoms with van der Waals surface area (Å²) in [6.07, 6.45) is 0. The maximum atomic E-state index is 8.55. The molecular weight excluding hydrogens is 226 g/mol. The molecule has 1 aromatic carbocycles. The molecule has 0 saturated carbocycles. The predicted octanol–water partition coefficient (Wildman–Crippen LogP) is -1.34. The van der Waals surface area contributed by atoms with E-state index in [1.807, 2.05) is 30.3 Å². The van der Waals surface area contributed by atoms with Gasteiger partial charge < -0.3 is 19.2 Å². The van der Waals surface area contributed by atoms with E-state index in [-0.39, 0.29) is 16.8 Å². The molecule has 0 bridgehead atoms. The molecule has 0 N–H and O–H groups in total. The van der Waals surface area contributed by atoms with Crippen molar-refractivity contribution in [2.75, 3.05) is 0 Å². The van der Waals surface area contributed by atoms with Gasteiger partial charge in [0, 0.05) is 0 Å². The molecule has 0 aliphatic carbocycles. The van der Waals surface area contributed by atoms with E-state index < -0.39 is 7.82 Å². The standard InChI is InChI=1S/C6H5.Co.H3O4P/c1-2-4-6-5-3-1;;1-5(2,3)4/h1-5H;;(H3,1,2,3,4)/q-1;+3;/p-3. The van der Waals surface area contributed by atoms with Gasteiger partial charge in [0.1, 0.15) is 0 Å². The van der Waals surface area contributed by atoms with Gasteiger partial charge in [-0.2, -0.15) is 44.2 Å². The monoisotopic (exact) mass is 231 g/mol. The molecule has 0 heterocycles. The fourth-order valence-corrected chi connectivity index (χ4v) is 0.342. The Morgan fingerprint density at radius 1 is 1.00 bits per heavy atom. The second kappa shape index (κ2) is 7.48. The molecule has 0 aromatic heterocycles. The normalized spacial score (nSPS) is 8.92. The van der Waals surface area contributed by atoms with E-state index in [1.165, 1.54) is 0 Å². The van der Waals surface area contributed by atoms with E-state index in [4.69, 9.17) is 19.2 Å². The summed E-state index contributed by atoms with van der Waals surface area (Å²) in [5, 5.41) is 0. The van der Waals surface area contributed by atoms with E-state index in [1.54, 1.807) is 0 Å². The number of benzene rings is 1. The molecule has 0 saturated heterocycles. The molecule has 0 spiro atoms. The van der Waals surface area contributed by atoms with Gasteiger partial charge in [0.2, 0.25) is 0 Å². The largest absolute Gasteiger partial charge is 3.00 e. The van der Waals surface area contributed by atoms with E-state index in [0.717, 1.165) is 0 Å². The summed E-state index contributed by atoms with van der Waals surface area (Å²) in [5.74, 6) is 0. The minimum absolute atomic E-state index is 0. The van der Waals surface area contributed by atoms with Gasteiger partial charge in [-0.15, -0.1) is 0 Å². The van der Waals surface area contributed by atoms with Crippen molar-refractivity contribution < 1.29 is 36.0 Å². The Labute approximate surface area is 80.7 Å². The molecule has 0 amide bonds. The summed E-state index contributed by atoms with van der Waals surface area (Å²) in [4.78, 5) is 25.6. The number of hydrogen-bond donors (Lipinski definition) is 0. The fraction of sp³-hybridized carbons (Fsp3) is 0. The molecule has 0 aliphatic heterocycles. The number of hydrogen-bond acceptors (Lipinski definition) is 4. The van der Waals surface area contributed by atoms with Gasteiger partial charge in [-0.25, -0.2) is 0 Å². The van der Waals surface area contributed by atoms with Crippen LogP contribution in [0.15, 0.2) is 30.3 Å². The molecule has 0 atom stereocenters. The summed E-state index contributed by atoms with van der Waals surface area (Å²) in [5.41, 5.74) is 0. The Hall–Kier alpha value is -0.164. The molecule has 1 aromatic rings. The Balaban J connectivity index is 0. The van der Waals surface area contributed by atoms with Crippen molar-refractivity contribution in [2.24, 2.45) is 0 Å². The van der Waals surface area contributed by atoms with Gasteiger partial charge in [0.25, 0.3) is 0 Å². The van der Waals surface area contributed by atoms with Gasteiger partial charge in [-0.05, 0) is 0 Å². The van der Waals surface area contributed by atoms with Gasteiger partial charge >= 0.3 is 16.8 Å². The Kier molecular flexibility index (Phi) is 8.96. The predicted molar refractivity (Wildman–Crippen MR) is 32.9 cm³/mol. The maximum Gasteiger partial charge on any atom is 3.00 e. The smallest absolute Gasteiger partial charge is 0.822 e. The Morgan fingerprint density at radius 2 is 1.33 bits per heavy atom. The molecule has 6 heteroatoms. The quantitative estimate of drug-likeness (QED) is 0.408. The second-order valence-electron chi connectivity index (χ2n) is 1.52. The minimum atomic E-state index is -5.39. The van der Waals surface area contributed by atoms with Gasteiger partial charge in [-0.1, -0.05) is 0 Å². The van der Waals surface area contributed by atoms with Crippen LogP contribution in [0.4, 0.5) is 0 Å².